The van der Waals surface area contributed by atoms with E-state index in [0.29, 0.717) is 32.5 Å². The van der Waals surface area contributed by atoms with Gasteiger partial charge in [0.1, 0.15) is 11.0 Å². The fourth-order valence-electron chi connectivity index (χ4n) is 8.39. The molecular weight excluding hydrogens is 743 g/mol. The lowest BCUT2D eigenvalue weighted by atomic mass is 9.89. The minimum absolute atomic E-state index is 0.00325. The third-order valence-corrected chi connectivity index (χ3v) is 12.6. The van der Waals surface area contributed by atoms with Crippen LogP contribution in [-0.2, 0) is 35.1 Å². The van der Waals surface area contributed by atoms with Crippen LogP contribution in [0, 0.1) is 23.7 Å². The molecule has 1 aromatic carbocycles. The van der Waals surface area contributed by atoms with E-state index in [-0.39, 0.29) is 59.9 Å². The van der Waals surface area contributed by atoms with E-state index in [1.807, 2.05) is 87.2 Å². The Balaban J connectivity index is 1.79. The van der Waals surface area contributed by atoms with Gasteiger partial charge < -0.3 is 35.6 Å². The summed E-state index contributed by atoms with van der Waals surface area (Å²) in [6, 6.07) is 7.70. The summed E-state index contributed by atoms with van der Waals surface area (Å²) in [7, 11) is 6.79. The number of amides is 4. The van der Waals surface area contributed by atoms with Gasteiger partial charge in [0, 0.05) is 52.5 Å². The van der Waals surface area contributed by atoms with Crippen molar-refractivity contribution in [1.82, 2.24) is 30.3 Å². The average molecular weight is 814 g/mol. The van der Waals surface area contributed by atoms with Crippen LogP contribution in [0.15, 0.2) is 41.9 Å². The monoisotopic (exact) mass is 814 g/mol. The number of nitrogens with one attached hydrogen (secondary N) is 2. The van der Waals surface area contributed by atoms with E-state index in [1.54, 1.807) is 32.4 Å². The third-order valence-electron chi connectivity index (χ3n) is 11.7. The zero-order chi connectivity index (χ0) is 42.4. The van der Waals surface area contributed by atoms with Crippen molar-refractivity contribution in [2.24, 2.45) is 29.4 Å². The Kier molecular flexibility index (Phi) is 19.5. The minimum Gasteiger partial charge on any atom is -0.379 e. The number of hydrogen-bond acceptors (Lipinski definition) is 10. The number of likely N-dealkylation sites (tertiary alicyclic amines) is 1. The lowest BCUT2D eigenvalue weighted by molar-refractivity contribution is -0.148. The van der Waals surface area contributed by atoms with Crippen LogP contribution in [0.3, 0.4) is 0 Å². The van der Waals surface area contributed by atoms with E-state index in [0.717, 1.165) is 23.4 Å². The number of hydrogen-bond donors (Lipinski definition) is 3. The summed E-state index contributed by atoms with van der Waals surface area (Å²) in [4.78, 5) is 66.3. The summed E-state index contributed by atoms with van der Waals surface area (Å²) in [6.07, 6.45) is 3.43. The number of rotatable bonds is 23. The maximum absolute atomic E-state index is 14.4. The van der Waals surface area contributed by atoms with Crippen molar-refractivity contribution in [3.05, 3.63) is 52.5 Å². The van der Waals surface area contributed by atoms with Crippen molar-refractivity contribution in [2.75, 3.05) is 47.9 Å². The van der Waals surface area contributed by atoms with Gasteiger partial charge in [-0.3, -0.25) is 24.1 Å². The molecule has 2 heterocycles. The maximum Gasteiger partial charge on any atom is 0.245 e. The summed E-state index contributed by atoms with van der Waals surface area (Å²) in [6.45, 7) is 15.3. The van der Waals surface area contributed by atoms with Crippen molar-refractivity contribution in [3.63, 3.8) is 0 Å². The highest BCUT2D eigenvalue weighted by Gasteiger charge is 2.43. The molecule has 320 valence electrons. The number of nitrogens with two attached hydrogens (primary N) is 1. The van der Waals surface area contributed by atoms with Gasteiger partial charge in [0.15, 0.2) is 0 Å². The van der Waals surface area contributed by atoms with Gasteiger partial charge >= 0.3 is 0 Å². The van der Waals surface area contributed by atoms with Gasteiger partial charge in [0.25, 0.3) is 0 Å². The number of likely N-dealkylation sites (N-methyl/N-ethyl adjacent to an activating group) is 2. The molecule has 1 fully saturated rings. The first kappa shape index (κ1) is 47.9. The van der Waals surface area contributed by atoms with Gasteiger partial charge in [-0.15, -0.1) is 11.3 Å². The molecule has 1 aliphatic rings. The Hall–Kier alpha value is -3.43. The Labute approximate surface area is 345 Å². The Morgan fingerprint density at radius 3 is 2.21 bits per heavy atom. The summed E-state index contributed by atoms with van der Waals surface area (Å²) in [5.41, 5.74) is 6.90. The first-order valence-corrected chi connectivity index (χ1v) is 21.5. The average Bonchev–Trinajstić information content (AvgIpc) is 3.90. The van der Waals surface area contributed by atoms with E-state index >= 15 is 0 Å². The van der Waals surface area contributed by atoms with Crippen molar-refractivity contribution in [2.45, 2.75) is 123 Å². The van der Waals surface area contributed by atoms with Gasteiger partial charge in [-0.1, -0.05) is 85.2 Å². The predicted octanol–water partition coefficient (Wildman–Crippen LogP) is 4.52. The van der Waals surface area contributed by atoms with Crippen molar-refractivity contribution >= 4 is 35.0 Å². The SMILES string of the molecule is CC[C@H](C)[C@@H]([C@@H](CC(=O)N1CCC[C@H]1[C@H](OC)[C@@H](C)C(=O)N[C@@H](Cc1ccccc1)c1nccs1)OC)N(C)C(=O)[C@@H](NC(=O)[C@H](C(C)C)N(C)CCN)C(C)C. The molecule has 1 saturated heterocycles. The first-order chi connectivity index (χ1) is 27.1. The highest BCUT2D eigenvalue weighted by Crippen LogP contribution is 2.30. The topological polar surface area (TPSA) is 159 Å². The molecule has 0 bridgehead atoms. The molecule has 1 aromatic heterocycles. The molecule has 14 heteroatoms. The third kappa shape index (κ3) is 12.8. The van der Waals surface area contributed by atoms with E-state index in [9.17, 15) is 19.2 Å². The summed E-state index contributed by atoms with van der Waals surface area (Å²) in [5.74, 6) is -1.50. The number of methoxy groups -OCH3 is 2. The molecular formula is C43H71N7O6S. The molecule has 0 saturated carbocycles. The van der Waals surface area contributed by atoms with Crippen molar-refractivity contribution < 1.29 is 28.7 Å². The highest BCUT2D eigenvalue weighted by atomic mass is 32.1. The van der Waals surface area contributed by atoms with Crippen LogP contribution in [0.25, 0.3) is 0 Å². The molecule has 2 aromatic rings. The fraction of sp³-hybridized carbons (Fsp3) is 0.698. The van der Waals surface area contributed by atoms with Crippen LogP contribution in [0.4, 0.5) is 0 Å². The maximum atomic E-state index is 14.4. The normalized spacial score (nSPS) is 18.8. The van der Waals surface area contributed by atoms with Gasteiger partial charge in [-0.25, -0.2) is 4.98 Å². The summed E-state index contributed by atoms with van der Waals surface area (Å²) < 4.78 is 12.1. The predicted molar refractivity (Wildman–Crippen MR) is 226 cm³/mol. The molecule has 0 radical (unpaired) electrons. The zero-order valence-electron chi connectivity index (χ0n) is 36.3. The largest absolute Gasteiger partial charge is 0.379 e. The number of carbonyl (C=O) groups excluding carboxylic acids is 4. The molecule has 9 atom stereocenters. The van der Waals surface area contributed by atoms with Crippen LogP contribution >= 0.6 is 11.3 Å². The number of aromatic nitrogens is 1. The van der Waals surface area contributed by atoms with E-state index in [4.69, 9.17) is 15.2 Å². The minimum atomic E-state index is -0.782. The Bertz CT molecular complexity index is 1530. The van der Waals surface area contributed by atoms with Crippen LogP contribution < -0.4 is 16.4 Å². The molecule has 13 nitrogen and oxygen atoms in total. The Morgan fingerprint density at radius 2 is 1.67 bits per heavy atom. The lowest BCUT2D eigenvalue weighted by Crippen LogP contribution is -2.60. The summed E-state index contributed by atoms with van der Waals surface area (Å²) in [5, 5.41) is 9.04. The van der Waals surface area contributed by atoms with E-state index < -0.39 is 36.3 Å². The molecule has 1 aliphatic heterocycles. The highest BCUT2D eigenvalue weighted by molar-refractivity contribution is 7.09. The molecule has 4 amide bonds. The standard InChI is InChI=1S/C43H71N7O6S/c1-12-29(6)38(49(9)43(54)36(27(2)3)47-41(53)37(28(4)5)48(8)23-20-44)34(55-10)26-35(51)50-22-16-19-33(50)39(56-11)30(7)40(52)46-32(42-45-21-24-57-42)25-31-17-14-13-15-18-31/h13-15,17-18,21,24,27-30,32-34,36-39H,12,16,19-20,22-23,25-26,44H2,1-11H3,(H,46,52)(H,47,53)/t29-,30+,32-,33-,34+,36-,37-,38-,39+/m0/s1. The van der Waals surface area contributed by atoms with Gasteiger partial charge in [0.05, 0.1) is 48.7 Å². The lowest BCUT2D eigenvalue weighted by Gasteiger charge is -2.41. The van der Waals surface area contributed by atoms with Gasteiger partial charge in [-0.2, -0.15) is 0 Å². The number of thiazole rings is 1. The second kappa shape index (κ2) is 23.2. The second-order valence-electron chi connectivity index (χ2n) is 16.4. The smallest absolute Gasteiger partial charge is 0.245 e. The molecule has 57 heavy (non-hydrogen) atoms. The fourth-order valence-corrected chi connectivity index (χ4v) is 9.08. The van der Waals surface area contributed by atoms with E-state index in [2.05, 4.69) is 29.5 Å². The second-order valence-corrected chi connectivity index (χ2v) is 17.3. The van der Waals surface area contributed by atoms with Crippen LogP contribution in [0.2, 0.25) is 0 Å². The molecule has 4 N–H and O–H groups in total. The van der Waals surface area contributed by atoms with Crippen LogP contribution in [0.5, 0.6) is 0 Å². The Morgan fingerprint density at radius 1 is 0.982 bits per heavy atom. The zero-order valence-corrected chi connectivity index (χ0v) is 37.1. The molecule has 0 spiro atoms. The number of carbonyl (C=O) groups is 4. The number of benzene rings is 1. The van der Waals surface area contributed by atoms with Gasteiger partial charge in [0.2, 0.25) is 23.6 Å². The van der Waals surface area contributed by atoms with Crippen LogP contribution in [-0.4, -0.2) is 128 Å². The number of nitrogens with zero attached hydrogens (tertiary/aromatic N) is 4. The molecule has 3 rings (SSSR count). The van der Waals surface area contributed by atoms with Crippen LogP contribution in [0.1, 0.15) is 90.8 Å². The van der Waals surface area contributed by atoms with Crippen molar-refractivity contribution in [1.29, 1.82) is 0 Å². The first-order valence-electron chi connectivity index (χ1n) is 20.7. The van der Waals surface area contributed by atoms with E-state index in [1.165, 1.54) is 11.3 Å². The summed E-state index contributed by atoms with van der Waals surface area (Å²) >= 11 is 1.50. The molecule has 0 unspecified atom stereocenters. The quantitative estimate of drug-likeness (QED) is 0.147. The molecule has 0 aliphatic carbocycles. The van der Waals surface area contributed by atoms with Gasteiger partial charge in [-0.05, 0) is 49.6 Å². The number of ether oxygens (including phenoxy) is 2. The van der Waals surface area contributed by atoms with Crippen molar-refractivity contribution in [3.8, 4) is 0 Å².